The summed E-state index contributed by atoms with van der Waals surface area (Å²) in [5.74, 6) is -0.722. The SMILES string of the molecule is COc1cc(/C=C(/C#N)C(=O)Nc2ccc(Cl)cc2)ccc1OC(F)F. The van der Waals surface area contributed by atoms with Gasteiger partial charge in [-0.2, -0.15) is 14.0 Å². The number of carbonyl (C=O) groups excluding carboxylic acids is 1. The third-order valence-electron chi connectivity index (χ3n) is 3.18. The summed E-state index contributed by atoms with van der Waals surface area (Å²) in [5, 5.41) is 12.3. The normalized spacial score (nSPS) is 11.0. The first-order valence-corrected chi connectivity index (χ1v) is 7.62. The van der Waals surface area contributed by atoms with Gasteiger partial charge in [-0.05, 0) is 48.0 Å². The third-order valence-corrected chi connectivity index (χ3v) is 3.43. The van der Waals surface area contributed by atoms with E-state index in [1.807, 2.05) is 0 Å². The van der Waals surface area contributed by atoms with Gasteiger partial charge in [0.25, 0.3) is 5.91 Å². The van der Waals surface area contributed by atoms with Crippen molar-refractivity contribution in [1.82, 2.24) is 0 Å². The van der Waals surface area contributed by atoms with Crippen molar-refractivity contribution in [3.63, 3.8) is 0 Å². The van der Waals surface area contributed by atoms with Crippen LogP contribution in [0.3, 0.4) is 0 Å². The minimum Gasteiger partial charge on any atom is -0.493 e. The van der Waals surface area contributed by atoms with E-state index in [0.717, 1.165) is 0 Å². The minimum atomic E-state index is -3.00. The summed E-state index contributed by atoms with van der Waals surface area (Å²) in [6, 6.07) is 12.2. The van der Waals surface area contributed by atoms with Gasteiger partial charge in [-0.25, -0.2) is 0 Å². The molecule has 0 unspecified atom stereocenters. The maximum Gasteiger partial charge on any atom is 0.387 e. The molecule has 0 fully saturated rings. The van der Waals surface area contributed by atoms with Crippen molar-refractivity contribution in [3.8, 4) is 17.6 Å². The Hall–Kier alpha value is -3.11. The molecule has 2 rings (SSSR count). The molecule has 0 aliphatic heterocycles. The number of benzene rings is 2. The van der Waals surface area contributed by atoms with Crippen molar-refractivity contribution in [2.24, 2.45) is 0 Å². The number of amides is 1. The average molecular weight is 379 g/mol. The molecule has 5 nitrogen and oxygen atoms in total. The largest absolute Gasteiger partial charge is 0.493 e. The van der Waals surface area contributed by atoms with Crippen LogP contribution in [0.25, 0.3) is 6.08 Å². The highest BCUT2D eigenvalue weighted by Crippen LogP contribution is 2.30. The Morgan fingerprint density at radius 3 is 2.50 bits per heavy atom. The Labute approximate surface area is 153 Å². The van der Waals surface area contributed by atoms with Crippen LogP contribution in [0.2, 0.25) is 5.02 Å². The Balaban J connectivity index is 2.23. The molecule has 134 valence electrons. The standard InChI is InChI=1S/C18H13ClF2N2O3/c1-25-16-9-11(2-7-15(16)26-18(20)21)8-12(10-22)17(24)23-14-5-3-13(19)4-6-14/h2-9,18H,1H3,(H,23,24)/b12-8-. The Morgan fingerprint density at radius 2 is 1.92 bits per heavy atom. The van der Waals surface area contributed by atoms with Gasteiger partial charge < -0.3 is 14.8 Å². The number of nitriles is 1. The fourth-order valence-corrected chi connectivity index (χ4v) is 2.14. The summed E-state index contributed by atoms with van der Waals surface area (Å²) < 4.78 is 34.0. The first-order chi connectivity index (χ1) is 12.4. The van der Waals surface area contributed by atoms with Crippen molar-refractivity contribution in [3.05, 3.63) is 58.6 Å². The number of alkyl halides is 2. The molecule has 2 aromatic rings. The van der Waals surface area contributed by atoms with E-state index in [1.54, 1.807) is 30.3 Å². The van der Waals surface area contributed by atoms with Crippen molar-refractivity contribution in [2.45, 2.75) is 6.61 Å². The predicted molar refractivity (Wildman–Crippen MR) is 93.3 cm³/mol. The molecule has 0 saturated heterocycles. The van der Waals surface area contributed by atoms with Crippen LogP contribution in [0.4, 0.5) is 14.5 Å². The summed E-state index contributed by atoms with van der Waals surface area (Å²) in [4.78, 5) is 12.2. The molecule has 1 amide bonds. The molecule has 0 aliphatic rings. The molecule has 8 heteroatoms. The van der Waals surface area contributed by atoms with E-state index in [0.29, 0.717) is 16.3 Å². The van der Waals surface area contributed by atoms with Gasteiger partial charge in [0, 0.05) is 10.7 Å². The fourth-order valence-electron chi connectivity index (χ4n) is 2.01. The second-order valence-electron chi connectivity index (χ2n) is 4.92. The molecule has 0 radical (unpaired) electrons. The van der Waals surface area contributed by atoms with Crippen molar-refractivity contribution in [2.75, 3.05) is 12.4 Å². The van der Waals surface area contributed by atoms with Crippen molar-refractivity contribution >= 4 is 29.3 Å². The van der Waals surface area contributed by atoms with Crippen LogP contribution < -0.4 is 14.8 Å². The van der Waals surface area contributed by atoms with E-state index in [4.69, 9.17) is 16.3 Å². The molecule has 0 spiro atoms. The molecule has 0 bridgehead atoms. The Morgan fingerprint density at radius 1 is 1.23 bits per heavy atom. The maximum atomic E-state index is 12.3. The van der Waals surface area contributed by atoms with Crippen molar-refractivity contribution in [1.29, 1.82) is 5.26 Å². The second-order valence-corrected chi connectivity index (χ2v) is 5.36. The van der Waals surface area contributed by atoms with E-state index in [9.17, 15) is 18.8 Å². The highest BCUT2D eigenvalue weighted by Gasteiger charge is 2.13. The molecule has 0 saturated carbocycles. The van der Waals surface area contributed by atoms with Gasteiger partial charge in [-0.15, -0.1) is 0 Å². The van der Waals surface area contributed by atoms with Gasteiger partial charge in [0.2, 0.25) is 0 Å². The van der Waals surface area contributed by atoms with Gasteiger partial charge in [0.15, 0.2) is 11.5 Å². The number of halogens is 3. The van der Waals surface area contributed by atoms with E-state index >= 15 is 0 Å². The predicted octanol–water partition coefficient (Wildman–Crippen LogP) is 4.50. The van der Waals surface area contributed by atoms with Crippen LogP contribution in [0.15, 0.2) is 48.0 Å². The monoisotopic (exact) mass is 378 g/mol. The number of hydrogen-bond acceptors (Lipinski definition) is 4. The Bertz CT molecular complexity index is 862. The lowest BCUT2D eigenvalue weighted by Gasteiger charge is -2.10. The average Bonchev–Trinajstić information content (AvgIpc) is 2.62. The molecule has 0 aromatic heterocycles. The second kappa shape index (κ2) is 8.83. The zero-order chi connectivity index (χ0) is 19.1. The highest BCUT2D eigenvalue weighted by atomic mass is 35.5. The first-order valence-electron chi connectivity index (χ1n) is 7.24. The van der Waals surface area contributed by atoms with Crippen molar-refractivity contribution < 1.29 is 23.0 Å². The lowest BCUT2D eigenvalue weighted by atomic mass is 10.1. The summed E-state index contributed by atoms with van der Waals surface area (Å²) in [5.41, 5.74) is 0.703. The number of methoxy groups -OCH3 is 1. The molecule has 0 atom stereocenters. The molecule has 0 aliphatic carbocycles. The smallest absolute Gasteiger partial charge is 0.387 e. The lowest BCUT2D eigenvalue weighted by molar-refractivity contribution is -0.112. The van der Waals surface area contributed by atoms with Crippen LogP contribution in [0.1, 0.15) is 5.56 Å². The molecular weight excluding hydrogens is 366 g/mol. The molecule has 1 N–H and O–H groups in total. The number of hydrogen-bond donors (Lipinski definition) is 1. The quantitative estimate of drug-likeness (QED) is 0.593. The van der Waals surface area contributed by atoms with Gasteiger partial charge >= 0.3 is 6.61 Å². The van der Waals surface area contributed by atoms with E-state index in [1.165, 1.54) is 31.4 Å². The molecule has 2 aromatic carbocycles. The summed E-state index contributed by atoms with van der Waals surface area (Å²) in [7, 11) is 1.29. The number of ether oxygens (including phenoxy) is 2. The number of carbonyl (C=O) groups is 1. The van der Waals surface area contributed by atoms with Crippen LogP contribution in [-0.4, -0.2) is 19.6 Å². The van der Waals surface area contributed by atoms with Gasteiger partial charge in [0.05, 0.1) is 7.11 Å². The zero-order valence-corrected chi connectivity index (χ0v) is 14.3. The maximum absolute atomic E-state index is 12.3. The van der Waals surface area contributed by atoms with Crippen LogP contribution in [-0.2, 0) is 4.79 Å². The highest BCUT2D eigenvalue weighted by molar-refractivity contribution is 6.30. The third kappa shape index (κ3) is 5.19. The van der Waals surface area contributed by atoms with E-state index < -0.39 is 12.5 Å². The number of rotatable bonds is 6. The van der Waals surface area contributed by atoms with Crippen LogP contribution >= 0.6 is 11.6 Å². The summed E-state index contributed by atoms with van der Waals surface area (Å²) >= 11 is 5.77. The minimum absolute atomic E-state index is 0.0504. The van der Waals surface area contributed by atoms with Gasteiger partial charge in [-0.1, -0.05) is 17.7 Å². The lowest BCUT2D eigenvalue weighted by Crippen LogP contribution is -2.13. The Kier molecular flexibility index (Phi) is 6.53. The van der Waals surface area contributed by atoms with Gasteiger partial charge in [0.1, 0.15) is 11.6 Å². The van der Waals surface area contributed by atoms with Crippen LogP contribution in [0.5, 0.6) is 11.5 Å². The molecule has 0 heterocycles. The van der Waals surface area contributed by atoms with Gasteiger partial charge in [-0.3, -0.25) is 4.79 Å². The zero-order valence-electron chi connectivity index (χ0n) is 13.5. The summed E-state index contributed by atoms with van der Waals surface area (Å²) in [6.07, 6.45) is 1.31. The fraction of sp³-hybridized carbons (Fsp3) is 0.111. The number of nitrogens with zero attached hydrogens (tertiary/aromatic N) is 1. The van der Waals surface area contributed by atoms with E-state index in [-0.39, 0.29) is 17.1 Å². The van der Waals surface area contributed by atoms with Crippen LogP contribution in [0, 0.1) is 11.3 Å². The first kappa shape index (κ1) is 19.2. The number of nitrogens with one attached hydrogen (secondary N) is 1. The number of anilines is 1. The summed E-state index contributed by atoms with van der Waals surface area (Å²) in [6.45, 7) is -3.00. The molecule has 26 heavy (non-hydrogen) atoms. The van der Waals surface area contributed by atoms with E-state index in [2.05, 4.69) is 10.1 Å². The molecular formula is C18H13ClF2N2O3. The topological polar surface area (TPSA) is 71.3 Å².